The van der Waals surface area contributed by atoms with E-state index >= 15 is 0 Å². The molecule has 0 saturated carbocycles. The zero-order valence-electron chi connectivity index (χ0n) is 9.42. The molecule has 0 bridgehead atoms. The number of thiophene rings is 1. The van der Waals surface area contributed by atoms with E-state index in [0.29, 0.717) is 12.8 Å². The Balaban J connectivity index is 2.76. The molecular weight excluding hydrogens is 262 g/mol. The predicted molar refractivity (Wildman–Crippen MR) is 65.6 cm³/mol. The summed E-state index contributed by atoms with van der Waals surface area (Å²) in [4.78, 5) is 10.9. The second kappa shape index (κ2) is 6.13. The fourth-order valence-corrected chi connectivity index (χ4v) is 3.54. The van der Waals surface area contributed by atoms with Crippen LogP contribution in [0.1, 0.15) is 26.2 Å². The van der Waals surface area contributed by atoms with Gasteiger partial charge < -0.3 is 5.11 Å². The van der Waals surface area contributed by atoms with Crippen LogP contribution >= 0.6 is 11.3 Å². The normalized spacial score (nSPS) is 13.5. The molecule has 0 aliphatic heterocycles. The molecule has 0 radical (unpaired) electrons. The van der Waals surface area contributed by atoms with Crippen LogP contribution in [0.5, 0.6) is 0 Å². The number of aliphatic carboxylic acids is 1. The van der Waals surface area contributed by atoms with Crippen molar-refractivity contribution in [3.05, 3.63) is 17.5 Å². The highest BCUT2D eigenvalue weighted by Gasteiger charge is 2.25. The molecule has 1 aromatic rings. The smallest absolute Gasteiger partial charge is 0.321 e. The van der Waals surface area contributed by atoms with Crippen molar-refractivity contribution in [2.75, 3.05) is 0 Å². The maximum absolute atomic E-state index is 11.8. The highest BCUT2D eigenvalue weighted by Crippen LogP contribution is 2.16. The van der Waals surface area contributed by atoms with Gasteiger partial charge in [0.05, 0.1) is 0 Å². The summed E-state index contributed by atoms with van der Waals surface area (Å²) in [7, 11) is -3.70. The average Bonchev–Trinajstić information content (AvgIpc) is 2.77. The summed E-state index contributed by atoms with van der Waals surface area (Å²) in [6, 6.07) is 2.01. The highest BCUT2D eigenvalue weighted by atomic mass is 32.2. The van der Waals surface area contributed by atoms with Crippen molar-refractivity contribution >= 4 is 27.3 Å². The Kier molecular flexibility index (Phi) is 5.10. The largest absolute Gasteiger partial charge is 0.480 e. The Hall–Kier alpha value is -0.920. The first-order valence-electron chi connectivity index (χ1n) is 5.26. The van der Waals surface area contributed by atoms with Crippen molar-refractivity contribution in [1.29, 1.82) is 0 Å². The van der Waals surface area contributed by atoms with Crippen molar-refractivity contribution in [3.63, 3.8) is 0 Å². The van der Waals surface area contributed by atoms with Crippen molar-refractivity contribution in [2.24, 2.45) is 0 Å². The summed E-state index contributed by atoms with van der Waals surface area (Å²) >= 11 is 1.06. The lowest BCUT2D eigenvalue weighted by atomic mass is 10.1. The Bertz CT molecular complexity index is 453. The van der Waals surface area contributed by atoms with E-state index in [1.807, 2.05) is 6.92 Å². The van der Waals surface area contributed by atoms with E-state index in [-0.39, 0.29) is 4.21 Å². The maximum Gasteiger partial charge on any atom is 0.321 e. The lowest BCUT2D eigenvalue weighted by Crippen LogP contribution is -2.40. The molecule has 0 spiro atoms. The number of sulfonamides is 1. The van der Waals surface area contributed by atoms with Crippen LogP contribution in [-0.4, -0.2) is 25.5 Å². The quantitative estimate of drug-likeness (QED) is 0.794. The van der Waals surface area contributed by atoms with Crippen molar-refractivity contribution in [3.8, 4) is 0 Å². The average molecular weight is 277 g/mol. The molecular formula is C10H15NO4S2. The van der Waals surface area contributed by atoms with Crippen LogP contribution < -0.4 is 4.72 Å². The third-order valence-electron chi connectivity index (χ3n) is 2.20. The second-order valence-corrected chi connectivity index (χ2v) is 6.47. The fraction of sp³-hybridized carbons (Fsp3) is 0.500. The van der Waals surface area contributed by atoms with Gasteiger partial charge in [-0.3, -0.25) is 4.79 Å². The van der Waals surface area contributed by atoms with Gasteiger partial charge in [0.1, 0.15) is 10.3 Å². The maximum atomic E-state index is 11.8. The SMILES string of the molecule is CCCCC(NS(=O)(=O)c1cccs1)C(=O)O. The summed E-state index contributed by atoms with van der Waals surface area (Å²) in [6.07, 6.45) is 1.80. The van der Waals surface area contributed by atoms with Gasteiger partial charge in [-0.25, -0.2) is 8.42 Å². The van der Waals surface area contributed by atoms with Crippen molar-refractivity contribution in [2.45, 2.75) is 36.4 Å². The van der Waals surface area contributed by atoms with Gasteiger partial charge in [0.2, 0.25) is 0 Å². The minimum Gasteiger partial charge on any atom is -0.480 e. The van der Waals surface area contributed by atoms with Gasteiger partial charge in [-0.05, 0) is 17.9 Å². The summed E-state index contributed by atoms with van der Waals surface area (Å²) in [6.45, 7) is 1.92. The van der Waals surface area contributed by atoms with E-state index in [0.717, 1.165) is 17.8 Å². The van der Waals surface area contributed by atoms with E-state index in [9.17, 15) is 13.2 Å². The molecule has 1 heterocycles. The number of rotatable bonds is 7. The van der Waals surface area contributed by atoms with Gasteiger partial charge in [0, 0.05) is 0 Å². The van der Waals surface area contributed by atoms with Crippen molar-refractivity contribution in [1.82, 2.24) is 4.72 Å². The topological polar surface area (TPSA) is 83.5 Å². The van der Waals surface area contributed by atoms with E-state index in [1.165, 1.54) is 6.07 Å². The first-order chi connectivity index (χ1) is 7.97. The summed E-state index contributed by atoms with van der Waals surface area (Å²) < 4.78 is 26.0. The molecule has 5 nitrogen and oxygen atoms in total. The molecule has 1 unspecified atom stereocenters. The number of unbranched alkanes of at least 4 members (excludes halogenated alkanes) is 1. The van der Waals surface area contributed by atoms with E-state index in [4.69, 9.17) is 5.11 Å². The zero-order valence-corrected chi connectivity index (χ0v) is 11.1. The molecule has 0 fully saturated rings. The van der Waals surface area contributed by atoms with Gasteiger partial charge in [0.15, 0.2) is 0 Å². The number of carboxylic acid groups (broad SMARTS) is 1. The lowest BCUT2D eigenvalue weighted by molar-refractivity contribution is -0.139. The number of nitrogens with one attached hydrogen (secondary N) is 1. The zero-order chi connectivity index (χ0) is 12.9. The van der Waals surface area contributed by atoms with E-state index in [1.54, 1.807) is 11.4 Å². The van der Waals surface area contributed by atoms with E-state index < -0.39 is 22.0 Å². The molecule has 1 rings (SSSR count). The molecule has 96 valence electrons. The van der Waals surface area contributed by atoms with Crippen LogP contribution in [0.3, 0.4) is 0 Å². The lowest BCUT2D eigenvalue weighted by Gasteiger charge is -2.13. The van der Waals surface area contributed by atoms with Gasteiger partial charge in [-0.15, -0.1) is 11.3 Å². The number of carboxylic acids is 1. The number of hydrogen-bond acceptors (Lipinski definition) is 4. The summed E-state index contributed by atoms with van der Waals surface area (Å²) in [5.74, 6) is -1.14. The van der Waals surface area contributed by atoms with Crippen molar-refractivity contribution < 1.29 is 18.3 Å². The summed E-state index contributed by atoms with van der Waals surface area (Å²) in [5.41, 5.74) is 0. The molecule has 2 N–H and O–H groups in total. The Labute approximate surface area is 105 Å². The standard InChI is InChI=1S/C10H15NO4S2/c1-2-3-5-8(10(12)13)11-17(14,15)9-6-4-7-16-9/h4,6-8,11H,2-3,5H2,1H3,(H,12,13). The van der Waals surface area contributed by atoms with Crippen LogP contribution in [0.2, 0.25) is 0 Å². The minimum atomic E-state index is -3.70. The molecule has 0 aliphatic carbocycles. The van der Waals surface area contributed by atoms with Crippen LogP contribution in [0.15, 0.2) is 21.7 Å². The fourth-order valence-electron chi connectivity index (χ4n) is 1.30. The summed E-state index contributed by atoms with van der Waals surface area (Å²) in [5, 5.41) is 10.6. The van der Waals surface area contributed by atoms with Gasteiger partial charge in [-0.2, -0.15) is 4.72 Å². The van der Waals surface area contributed by atoms with E-state index in [2.05, 4.69) is 4.72 Å². The first-order valence-corrected chi connectivity index (χ1v) is 7.62. The number of carbonyl (C=O) groups is 1. The Morgan fingerprint density at radius 1 is 1.59 bits per heavy atom. The van der Waals surface area contributed by atoms with Gasteiger partial charge in [-0.1, -0.05) is 25.8 Å². The molecule has 0 aromatic carbocycles. The van der Waals surface area contributed by atoms with Gasteiger partial charge in [0.25, 0.3) is 10.0 Å². The Morgan fingerprint density at radius 2 is 2.29 bits per heavy atom. The molecule has 1 atom stereocenters. The first kappa shape index (κ1) is 14.1. The van der Waals surface area contributed by atoms with Crippen LogP contribution in [0.4, 0.5) is 0 Å². The van der Waals surface area contributed by atoms with Crippen LogP contribution in [0.25, 0.3) is 0 Å². The van der Waals surface area contributed by atoms with Crippen LogP contribution in [-0.2, 0) is 14.8 Å². The molecule has 0 saturated heterocycles. The minimum absolute atomic E-state index is 0.139. The molecule has 7 heteroatoms. The molecule has 17 heavy (non-hydrogen) atoms. The van der Waals surface area contributed by atoms with Gasteiger partial charge >= 0.3 is 5.97 Å². The third kappa shape index (κ3) is 4.10. The number of hydrogen-bond donors (Lipinski definition) is 2. The molecule has 0 amide bonds. The monoisotopic (exact) mass is 277 g/mol. The Morgan fingerprint density at radius 3 is 2.76 bits per heavy atom. The third-order valence-corrected chi connectivity index (χ3v) is 5.07. The molecule has 1 aromatic heterocycles. The molecule has 0 aliphatic rings. The highest BCUT2D eigenvalue weighted by molar-refractivity contribution is 7.91. The van der Waals surface area contributed by atoms with Crippen LogP contribution in [0, 0.1) is 0 Å². The second-order valence-electron chi connectivity index (χ2n) is 3.59. The predicted octanol–water partition coefficient (Wildman–Crippen LogP) is 1.67.